The van der Waals surface area contributed by atoms with Crippen molar-refractivity contribution in [1.29, 1.82) is 0 Å². The molecular formula is C20H21F3N2O4S. The quantitative estimate of drug-likeness (QED) is 0.586. The summed E-state index contributed by atoms with van der Waals surface area (Å²) in [5.41, 5.74) is -0.514. The molecule has 10 heteroatoms. The first-order valence-electron chi connectivity index (χ1n) is 9.44. The van der Waals surface area contributed by atoms with E-state index in [0.29, 0.717) is 15.7 Å². The van der Waals surface area contributed by atoms with Crippen molar-refractivity contribution in [2.75, 3.05) is 11.5 Å². The summed E-state index contributed by atoms with van der Waals surface area (Å²) >= 11 is 1.03. The molecule has 0 N–H and O–H groups in total. The van der Waals surface area contributed by atoms with E-state index in [9.17, 15) is 22.8 Å². The Labute approximate surface area is 175 Å². The SMILES string of the molecule is CCOC(=O)c1sc(N(C(=O)C(C)Oc2ccccc2C(F)(F)F)C2CC2)nc1C. The Hall–Kier alpha value is -2.62. The molecule has 1 aromatic carbocycles. The molecule has 0 spiro atoms. The molecule has 30 heavy (non-hydrogen) atoms. The minimum atomic E-state index is -4.60. The molecule has 162 valence electrons. The molecule has 0 bridgehead atoms. The molecule has 1 aromatic heterocycles. The third-order valence-electron chi connectivity index (χ3n) is 4.45. The second-order valence-corrected chi connectivity index (χ2v) is 7.80. The Balaban J connectivity index is 1.84. The predicted molar refractivity (Wildman–Crippen MR) is 105 cm³/mol. The van der Waals surface area contributed by atoms with Crippen molar-refractivity contribution in [2.45, 2.75) is 51.9 Å². The molecule has 1 heterocycles. The molecule has 3 rings (SSSR count). The highest BCUT2D eigenvalue weighted by molar-refractivity contribution is 7.17. The summed E-state index contributed by atoms with van der Waals surface area (Å²) in [6.45, 7) is 4.94. The molecule has 2 aromatic rings. The third-order valence-corrected chi connectivity index (χ3v) is 5.58. The van der Waals surface area contributed by atoms with Gasteiger partial charge in [-0.25, -0.2) is 9.78 Å². The van der Waals surface area contributed by atoms with Gasteiger partial charge in [-0.3, -0.25) is 9.69 Å². The molecule has 0 radical (unpaired) electrons. The molecule has 1 aliphatic carbocycles. The van der Waals surface area contributed by atoms with E-state index in [0.717, 1.165) is 30.2 Å². The van der Waals surface area contributed by atoms with E-state index >= 15 is 0 Å². The van der Waals surface area contributed by atoms with Gasteiger partial charge in [-0.2, -0.15) is 13.2 Å². The number of benzene rings is 1. The normalized spacial score (nSPS) is 14.9. The second-order valence-electron chi connectivity index (χ2n) is 6.82. The first kappa shape index (κ1) is 22.1. The lowest BCUT2D eigenvalue weighted by molar-refractivity contribution is -0.140. The molecular weight excluding hydrogens is 421 g/mol. The van der Waals surface area contributed by atoms with Crippen LogP contribution in [0, 0.1) is 6.92 Å². The Bertz CT molecular complexity index is 940. The van der Waals surface area contributed by atoms with Crippen LogP contribution in [0.2, 0.25) is 0 Å². The van der Waals surface area contributed by atoms with E-state index in [1.165, 1.54) is 30.0 Å². The lowest BCUT2D eigenvalue weighted by Crippen LogP contribution is -2.42. The molecule has 1 amide bonds. The van der Waals surface area contributed by atoms with Crippen molar-refractivity contribution in [2.24, 2.45) is 0 Å². The van der Waals surface area contributed by atoms with Crippen molar-refractivity contribution in [3.63, 3.8) is 0 Å². The third kappa shape index (κ3) is 4.75. The summed E-state index contributed by atoms with van der Waals surface area (Å²) in [5.74, 6) is -1.45. The highest BCUT2D eigenvalue weighted by Gasteiger charge is 2.40. The number of alkyl halides is 3. The first-order valence-corrected chi connectivity index (χ1v) is 10.3. The number of carbonyl (C=O) groups excluding carboxylic acids is 2. The van der Waals surface area contributed by atoms with E-state index in [2.05, 4.69) is 4.98 Å². The zero-order valence-electron chi connectivity index (χ0n) is 16.7. The van der Waals surface area contributed by atoms with Crippen LogP contribution in [0.4, 0.5) is 18.3 Å². The number of thiazole rings is 1. The van der Waals surface area contributed by atoms with Crippen LogP contribution in [-0.2, 0) is 15.7 Å². The Kier molecular flexibility index (Phi) is 6.35. The van der Waals surface area contributed by atoms with Gasteiger partial charge in [0.1, 0.15) is 10.6 Å². The van der Waals surface area contributed by atoms with Crippen LogP contribution < -0.4 is 9.64 Å². The summed E-state index contributed by atoms with van der Waals surface area (Å²) in [4.78, 5) is 31.2. The topological polar surface area (TPSA) is 68.7 Å². The number of ether oxygens (including phenoxy) is 2. The summed E-state index contributed by atoms with van der Waals surface area (Å²) < 4.78 is 50.1. The smallest absolute Gasteiger partial charge is 0.419 e. The number of halogens is 3. The first-order chi connectivity index (χ1) is 14.1. The van der Waals surface area contributed by atoms with Crippen LogP contribution in [0.5, 0.6) is 5.75 Å². The number of amides is 1. The average molecular weight is 442 g/mol. The maximum atomic E-state index is 13.2. The van der Waals surface area contributed by atoms with Crippen LogP contribution in [0.1, 0.15) is 47.6 Å². The fraction of sp³-hybridized carbons (Fsp3) is 0.450. The van der Waals surface area contributed by atoms with Crippen molar-refractivity contribution < 1.29 is 32.2 Å². The number of aryl methyl sites for hydroxylation is 1. The highest BCUT2D eigenvalue weighted by atomic mass is 32.1. The van der Waals surface area contributed by atoms with Crippen LogP contribution in [-0.4, -0.2) is 35.6 Å². The van der Waals surface area contributed by atoms with Crippen LogP contribution >= 0.6 is 11.3 Å². The fourth-order valence-corrected chi connectivity index (χ4v) is 3.91. The number of nitrogens with zero attached hydrogens (tertiary/aromatic N) is 2. The maximum Gasteiger partial charge on any atom is 0.419 e. The van der Waals surface area contributed by atoms with E-state index < -0.39 is 35.5 Å². The van der Waals surface area contributed by atoms with E-state index in [4.69, 9.17) is 9.47 Å². The van der Waals surface area contributed by atoms with E-state index in [1.54, 1.807) is 13.8 Å². The molecule has 1 unspecified atom stereocenters. The molecule has 1 fully saturated rings. The lowest BCUT2D eigenvalue weighted by Gasteiger charge is -2.24. The molecule has 1 atom stereocenters. The van der Waals surface area contributed by atoms with Gasteiger partial charge >= 0.3 is 12.1 Å². The minimum Gasteiger partial charge on any atom is -0.480 e. The fourth-order valence-electron chi connectivity index (χ4n) is 2.87. The number of rotatable bonds is 7. The highest BCUT2D eigenvalue weighted by Crippen LogP contribution is 2.38. The van der Waals surface area contributed by atoms with E-state index in [-0.39, 0.29) is 12.6 Å². The number of esters is 1. The summed E-state index contributed by atoms with van der Waals surface area (Å²) in [7, 11) is 0. The van der Waals surface area contributed by atoms with Gasteiger partial charge in [0.05, 0.1) is 17.9 Å². The number of hydrogen-bond donors (Lipinski definition) is 0. The van der Waals surface area contributed by atoms with Crippen LogP contribution in [0.3, 0.4) is 0 Å². The molecule has 0 saturated heterocycles. The monoisotopic (exact) mass is 442 g/mol. The van der Waals surface area contributed by atoms with Gasteiger partial charge < -0.3 is 9.47 Å². The van der Waals surface area contributed by atoms with Gasteiger partial charge in [0.2, 0.25) is 0 Å². The minimum absolute atomic E-state index is 0.123. The van der Waals surface area contributed by atoms with Gasteiger partial charge in [-0.1, -0.05) is 23.5 Å². The maximum absolute atomic E-state index is 13.2. The van der Waals surface area contributed by atoms with Crippen LogP contribution in [0.25, 0.3) is 0 Å². The zero-order chi connectivity index (χ0) is 22.1. The largest absolute Gasteiger partial charge is 0.480 e. The summed E-state index contributed by atoms with van der Waals surface area (Å²) in [6, 6.07) is 4.63. The van der Waals surface area contributed by atoms with Crippen molar-refractivity contribution in [3.8, 4) is 5.75 Å². The summed E-state index contributed by atoms with van der Waals surface area (Å²) in [6.07, 6.45) is -4.30. The Morgan fingerprint density at radius 2 is 1.97 bits per heavy atom. The van der Waals surface area contributed by atoms with Crippen LogP contribution in [0.15, 0.2) is 24.3 Å². The van der Waals surface area contributed by atoms with Gasteiger partial charge in [-0.15, -0.1) is 0 Å². The molecule has 6 nitrogen and oxygen atoms in total. The molecule has 1 saturated carbocycles. The Morgan fingerprint density at radius 1 is 1.30 bits per heavy atom. The van der Waals surface area contributed by atoms with Crippen molar-refractivity contribution >= 4 is 28.3 Å². The number of aromatic nitrogens is 1. The average Bonchev–Trinajstić information content (AvgIpc) is 3.43. The zero-order valence-corrected chi connectivity index (χ0v) is 17.5. The van der Waals surface area contributed by atoms with Gasteiger partial charge in [-0.05, 0) is 45.7 Å². The molecule has 1 aliphatic rings. The van der Waals surface area contributed by atoms with E-state index in [1.807, 2.05) is 0 Å². The Morgan fingerprint density at radius 3 is 2.57 bits per heavy atom. The van der Waals surface area contributed by atoms with Crippen molar-refractivity contribution in [1.82, 2.24) is 4.98 Å². The van der Waals surface area contributed by atoms with Gasteiger partial charge in [0, 0.05) is 6.04 Å². The molecule has 0 aliphatic heterocycles. The predicted octanol–water partition coefficient (Wildman–Crippen LogP) is 4.61. The number of anilines is 1. The number of carbonyl (C=O) groups is 2. The number of hydrogen-bond acceptors (Lipinski definition) is 6. The van der Waals surface area contributed by atoms with Crippen molar-refractivity contribution in [3.05, 3.63) is 40.4 Å². The lowest BCUT2D eigenvalue weighted by atomic mass is 10.2. The second kappa shape index (κ2) is 8.63. The van der Waals surface area contributed by atoms with Gasteiger partial charge in [0.25, 0.3) is 5.91 Å². The van der Waals surface area contributed by atoms with Gasteiger partial charge in [0.15, 0.2) is 11.2 Å². The standard InChI is InChI=1S/C20H21F3N2O4S/c1-4-28-18(27)16-11(2)24-19(30-16)25(13-9-10-13)17(26)12(3)29-15-8-6-5-7-14(15)20(21,22)23/h5-8,12-13H,4,9-10H2,1-3H3. The number of para-hydroxylation sites is 1. The summed E-state index contributed by atoms with van der Waals surface area (Å²) in [5, 5.41) is 0.308.